The number of unbranched alkanes of at least 4 members (excludes halogenated alkanes) is 3. The zero-order valence-corrected chi connectivity index (χ0v) is 17.3. The van der Waals surface area contributed by atoms with Crippen molar-refractivity contribution in [1.82, 2.24) is 5.32 Å². The topological polar surface area (TPSA) is 93.7 Å². The van der Waals surface area contributed by atoms with Crippen LogP contribution < -0.4 is 19.5 Å². The number of benzene rings is 2. The lowest BCUT2D eigenvalue weighted by Crippen LogP contribution is -2.24. The number of hydrogen-bond donors (Lipinski definition) is 2. The molecule has 0 spiro atoms. The molecule has 2 N–H and O–H groups in total. The van der Waals surface area contributed by atoms with Crippen molar-refractivity contribution in [3.05, 3.63) is 48.0 Å². The first-order valence-corrected chi connectivity index (χ1v) is 11.3. The molecular weight excluding hydrogens is 392 g/mol. The molecule has 3 rings (SSSR count). The van der Waals surface area contributed by atoms with E-state index < -0.39 is 10.0 Å². The summed E-state index contributed by atoms with van der Waals surface area (Å²) in [7, 11) is -3.83. The first-order chi connectivity index (χ1) is 14.0. The number of hydrogen-bond acceptors (Lipinski definition) is 5. The molecule has 1 aliphatic rings. The Morgan fingerprint density at radius 3 is 2.59 bits per heavy atom. The summed E-state index contributed by atoms with van der Waals surface area (Å²) in [4.78, 5) is 12.4. The molecule has 0 aromatic heterocycles. The van der Waals surface area contributed by atoms with Crippen molar-refractivity contribution in [1.29, 1.82) is 0 Å². The van der Waals surface area contributed by atoms with Crippen LogP contribution in [0.4, 0.5) is 5.69 Å². The van der Waals surface area contributed by atoms with Gasteiger partial charge in [0.15, 0.2) is 11.5 Å². The zero-order valence-electron chi connectivity index (χ0n) is 16.4. The van der Waals surface area contributed by atoms with Crippen molar-refractivity contribution in [3.63, 3.8) is 0 Å². The van der Waals surface area contributed by atoms with Gasteiger partial charge < -0.3 is 14.8 Å². The zero-order chi connectivity index (χ0) is 20.7. The van der Waals surface area contributed by atoms with Gasteiger partial charge in [-0.3, -0.25) is 9.52 Å². The molecule has 8 heteroatoms. The molecule has 0 atom stereocenters. The van der Waals surface area contributed by atoms with E-state index in [4.69, 9.17) is 9.47 Å². The van der Waals surface area contributed by atoms with E-state index in [1.165, 1.54) is 18.2 Å². The molecule has 1 heterocycles. The molecule has 0 saturated heterocycles. The highest BCUT2D eigenvalue weighted by molar-refractivity contribution is 7.92. The molecule has 0 saturated carbocycles. The second-order valence-corrected chi connectivity index (χ2v) is 8.49. The number of rotatable bonds is 9. The third-order valence-corrected chi connectivity index (χ3v) is 5.90. The summed E-state index contributed by atoms with van der Waals surface area (Å²) in [5, 5.41) is 2.87. The van der Waals surface area contributed by atoms with Crippen LogP contribution in [0.1, 0.15) is 43.0 Å². The fraction of sp³-hybridized carbons (Fsp3) is 0.381. The molecule has 1 amide bonds. The summed E-state index contributed by atoms with van der Waals surface area (Å²) in [6.45, 7) is 3.55. The quantitative estimate of drug-likeness (QED) is 0.607. The van der Waals surface area contributed by atoms with Gasteiger partial charge in [0.25, 0.3) is 15.9 Å². The van der Waals surface area contributed by atoms with Gasteiger partial charge in [-0.15, -0.1) is 0 Å². The summed E-state index contributed by atoms with van der Waals surface area (Å²) in [6.07, 6.45) is 4.29. The molecule has 156 valence electrons. The van der Waals surface area contributed by atoms with E-state index >= 15 is 0 Å². The Morgan fingerprint density at radius 2 is 1.79 bits per heavy atom. The molecule has 0 unspecified atom stereocenters. The van der Waals surface area contributed by atoms with Gasteiger partial charge in [-0.2, -0.15) is 0 Å². The number of amides is 1. The number of anilines is 1. The smallest absolute Gasteiger partial charge is 0.262 e. The fourth-order valence-corrected chi connectivity index (χ4v) is 4.05. The average Bonchev–Trinajstić information content (AvgIpc) is 2.73. The van der Waals surface area contributed by atoms with Crippen molar-refractivity contribution in [3.8, 4) is 11.5 Å². The van der Waals surface area contributed by atoms with Gasteiger partial charge in [-0.05, 0) is 36.8 Å². The van der Waals surface area contributed by atoms with E-state index in [-0.39, 0.29) is 10.8 Å². The van der Waals surface area contributed by atoms with E-state index in [2.05, 4.69) is 17.0 Å². The fourth-order valence-electron chi connectivity index (χ4n) is 2.98. The highest BCUT2D eigenvalue weighted by Gasteiger charge is 2.20. The Labute approximate surface area is 171 Å². The van der Waals surface area contributed by atoms with Crippen LogP contribution in [0.2, 0.25) is 0 Å². The van der Waals surface area contributed by atoms with Crippen LogP contribution in [0.15, 0.2) is 47.4 Å². The van der Waals surface area contributed by atoms with E-state index in [1.807, 2.05) is 0 Å². The van der Waals surface area contributed by atoms with E-state index in [1.54, 1.807) is 24.3 Å². The molecule has 2 aromatic rings. The monoisotopic (exact) mass is 418 g/mol. The summed E-state index contributed by atoms with van der Waals surface area (Å²) in [6, 6.07) is 10.9. The highest BCUT2D eigenvalue weighted by Crippen LogP contribution is 2.32. The van der Waals surface area contributed by atoms with Crippen molar-refractivity contribution in [2.75, 3.05) is 24.5 Å². The lowest BCUT2D eigenvalue weighted by molar-refractivity contribution is 0.0953. The third kappa shape index (κ3) is 5.63. The van der Waals surface area contributed by atoms with Gasteiger partial charge in [-0.1, -0.05) is 32.3 Å². The number of sulfonamides is 1. The maximum atomic E-state index is 12.7. The van der Waals surface area contributed by atoms with Crippen LogP contribution in [0.25, 0.3) is 0 Å². The molecule has 7 nitrogen and oxygen atoms in total. The minimum Gasteiger partial charge on any atom is -0.486 e. The first kappa shape index (κ1) is 21.0. The molecule has 29 heavy (non-hydrogen) atoms. The standard InChI is InChI=1S/C21H26N2O5S/c1-2-3-4-5-11-22-21(24)16-7-6-8-17(14-16)23-29(25,26)18-9-10-19-20(15-18)28-13-12-27-19/h6-10,14-15,23H,2-5,11-13H2,1H3,(H,22,24). The molecular formula is C21H26N2O5S. The largest absolute Gasteiger partial charge is 0.486 e. The van der Waals surface area contributed by atoms with Crippen molar-refractivity contribution >= 4 is 21.6 Å². The second-order valence-electron chi connectivity index (χ2n) is 6.81. The molecule has 0 fully saturated rings. The van der Waals surface area contributed by atoms with Crippen LogP contribution in [-0.4, -0.2) is 34.1 Å². The third-order valence-electron chi connectivity index (χ3n) is 4.52. The minimum atomic E-state index is -3.83. The van der Waals surface area contributed by atoms with Crippen LogP contribution in [0.3, 0.4) is 0 Å². The van der Waals surface area contributed by atoms with Gasteiger partial charge in [-0.25, -0.2) is 8.42 Å². The maximum absolute atomic E-state index is 12.7. The second kappa shape index (κ2) is 9.65. The van der Waals surface area contributed by atoms with E-state index in [9.17, 15) is 13.2 Å². The van der Waals surface area contributed by atoms with Crippen molar-refractivity contribution < 1.29 is 22.7 Å². The average molecular weight is 419 g/mol. The van der Waals surface area contributed by atoms with Gasteiger partial charge in [0.2, 0.25) is 0 Å². The number of carbonyl (C=O) groups is 1. The summed E-state index contributed by atoms with van der Waals surface area (Å²) in [5.41, 5.74) is 0.724. The molecule has 0 bridgehead atoms. The summed E-state index contributed by atoms with van der Waals surface area (Å²) >= 11 is 0. The number of ether oxygens (including phenoxy) is 2. The van der Waals surface area contributed by atoms with E-state index in [0.29, 0.717) is 42.5 Å². The van der Waals surface area contributed by atoms with Gasteiger partial charge in [0.1, 0.15) is 13.2 Å². The minimum absolute atomic E-state index is 0.0625. The Bertz CT molecular complexity index is 959. The van der Waals surface area contributed by atoms with Gasteiger partial charge in [0, 0.05) is 23.9 Å². The maximum Gasteiger partial charge on any atom is 0.262 e. The van der Waals surface area contributed by atoms with Crippen LogP contribution in [0.5, 0.6) is 11.5 Å². The van der Waals surface area contributed by atoms with Crippen molar-refractivity contribution in [2.45, 2.75) is 37.5 Å². The van der Waals surface area contributed by atoms with Gasteiger partial charge >= 0.3 is 0 Å². The SMILES string of the molecule is CCCCCCNC(=O)c1cccc(NS(=O)(=O)c2ccc3c(c2)OCCO3)c1. The molecule has 1 aliphatic heterocycles. The van der Waals surface area contributed by atoms with Crippen LogP contribution >= 0.6 is 0 Å². The predicted octanol–water partition coefficient (Wildman–Crippen LogP) is 3.57. The normalized spacial score (nSPS) is 13.0. The lowest BCUT2D eigenvalue weighted by atomic mass is 10.2. The Morgan fingerprint density at radius 1 is 1.00 bits per heavy atom. The summed E-state index contributed by atoms with van der Waals surface area (Å²) < 4.78 is 38.9. The summed E-state index contributed by atoms with van der Waals surface area (Å²) in [5.74, 6) is 0.699. The predicted molar refractivity (Wildman–Crippen MR) is 111 cm³/mol. The number of carbonyl (C=O) groups excluding carboxylic acids is 1. The molecule has 0 radical (unpaired) electrons. The Kier molecular flexibility index (Phi) is 6.98. The number of fused-ring (bicyclic) bond motifs is 1. The molecule has 2 aromatic carbocycles. The van der Waals surface area contributed by atoms with Gasteiger partial charge in [0.05, 0.1) is 4.90 Å². The van der Waals surface area contributed by atoms with Crippen LogP contribution in [0, 0.1) is 0 Å². The number of nitrogens with one attached hydrogen (secondary N) is 2. The van der Waals surface area contributed by atoms with E-state index in [0.717, 1.165) is 25.7 Å². The molecule has 0 aliphatic carbocycles. The highest BCUT2D eigenvalue weighted by atomic mass is 32.2. The Balaban J connectivity index is 1.66. The Hall–Kier alpha value is -2.74. The lowest BCUT2D eigenvalue weighted by Gasteiger charge is -2.19. The van der Waals surface area contributed by atoms with Crippen LogP contribution in [-0.2, 0) is 10.0 Å². The first-order valence-electron chi connectivity index (χ1n) is 9.80. The van der Waals surface area contributed by atoms with Crippen molar-refractivity contribution in [2.24, 2.45) is 0 Å².